The van der Waals surface area contributed by atoms with E-state index in [2.05, 4.69) is 4.72 Å². The molecule has 1 aromatic heterocycles. The Morgan fingerprint density at radius 1 is 1.33 bits per heavy atom. The molecule has 3 N–H and O–H groups in total. The predicted molar refractivity (Wildman–Crippen MR) is 83.1 cm³/mol. The van der Waals surface area contributed by atoms with Gasteiger partial charge in [-0.15, -0.1) is 11.3 Å². The first-order chi connectivity index (χ1) is 9.95. The van der Waals surface area contributed by atoms with Gasteiger partial charge in [-0.1, -0.05) is 25.5 Å². The molecule has 2 aromatic rings. The second kappa shape index (κ2) is 6.55. The Kier molecular flexibility index (Phi) is 4.97. The fourth-order valence-corrected chi connectivity index (χ4v) is 4.42. The van der Waals surface area contributed by atoms with Crippen LogP contribution >= 0.6 is 11.3 Å². The largest absolute Gasteiger partial charge is 0.398 e. The van der Waals surface area contributed by atoms with Gasteiger partial charge >= 0.3 is 0 Å². The first-order valence-electron chi connectivity index (χ1n) is 6.55. The van der Waals surface area contributed by atoms with Crippen LogP contribution in [0.15, 0.2) is 40.6 Å². The van der Waals surface area contributed by atoms with Crippen LogP contribution in [0.4, 0.5) is 10.1 Å². The molecule has 0 aliphatic heterocycles. The molecule has 0 radical (unpaired) electrons. The number of halogens is 1. The molecule has 0 spiro atoms. The van der Waals surface area contributed by atoms with E-state index in [-0.39, 0.29) is 11.7 Å². The van der Waals surface area contributed by atoms with Gasteiger partial charge in [-0.05, 0) is 30.0 Å². The highest BCUT2D eigenvalue weighted by Gasteiger charge is 2.26. The summed E-state index contributed by atoms with van der Waals surface area (Å²) in [7, 11) is -4.01. The van der Waals surface area contributed by atoms with Gasteiger partial charge in [0.15, 0.2) is 0 Å². The number of hydrogen-bond acceptors (Lipinski definition) is 4. The molecule has 2 rings (SSSR count). The van der Waals surface area contributed by atoms with E-state index in [1.165, 1.54) is 23.5 Å². The minimum Gasteiger partial charge on any atom is -0.398 e. The SMILES string of the molecule is CCCC(NS(=O)(=O)c1c(N)cccc1F)c1cccs1. The van der Waals surface area contributed by atoms with Gasteiger partial charge in [-0.25, -0.2) is 17.5 Å². The van der Waals surface area contributed by atoms with Gasteiger partial charge in [-0.3, -0.25) is 0 Å². The molecular weight excluding hydrogens is 311 g/mol. The fourth-order valence-electron chi connectivity index (χ4n) is 2.09. The maximum atomic E-state index is 13.8. The van der Waals surface area contributed by atoms with Gasteiger partial charge < -0.3 is 5.73 Å². The standard InChI is InChI=1S/C14H17FN2O2S2/c1-2-5-12(13-8-4-9-20-13)17-21(18,19)14-10(15)6-3-7-11(14)16/h3-4,6-9,12,17H,2,5,16H2,1H3. The third kappa shape index (κ3) is 3.61. The van der Waals surface area contributed by atoms with Gasteiger partial charge in [0.25, 0.3) is 0 Å². The normalized spacial score (nSPS) is 13.2. The molecule has 0 fully saturated rings. The van der Waals surface area contributed by atoms with E-state index in [0.717, 1.165) is 17.4 Å². The number of nitrogens with two attached hydrogens (primary N) is 1. The van der Waals surface area contributed by atoms with Crippen molar-refractivity contribution >= 4 is 27.0 Å². The van der Waals surface area contributed by atoms with E-state index < -0.39 is 20.7 Å². The number of anilines is 1. The highest BCUT2D eigenvalue weighted by Crippen LogP contribution is 2.28. The van der Waals surface area contributed by atoms with Crippen molar-refractivity contribution in [1.82, 2.24) is 4.72 Å². The Bertz CT molecular complexity index is 680. The molecule has 0 amide bonds. The van der Waals surface area contributed by atoms with Crippen LogP contribution in [0.2, 0.25) is 0 Å². The number of benzene rings is 1. The fraction of sp³-hybridized carbons (Fsp3) is 0.286. The van der Waals surface area contributed by atoms with Crippen molar-refractivity contribution in [2.24, 2.45) is 0 Å². The first kappa shape index (κ1) is 15.9. The summed E-state index contributed by atoms with van der Waals surface area (Å²) in [5, 5.41) is 1.88. The Morgan fingerprint density at radius 3 is 2.67 bits per heavy atom. The molecule has 4 nitrogen and oxygen atoms in total. The van der Waals surface area contributed by atoms with Crippen LogP contribution in [0, 0.1) is 5.82 Å². The molecule has 1 heterocycles. The Balaban J connectivity index is 2.35. The molecule has 0 saturated carbocycles. The molecule has 21 heavy (non-hydrogen) atoms. The van der Waals surface area contributed by atoms with Crippen LogP contribution in [0.1, 0.15) is 30.7 Å². The third-order valence-electron chi connectivity index (χ3n) is 3.03. The summed E-state index contributed by atoms with van der Waals surface area (Å²) < 4.78 is 41.2. The Labute approximate surface area is 127 Å². The highest BCUT2D eigenvalue weighted by molar-refractivity contribution is 7.89. The number of nitrogens with one attached hydrogen (secondary N) is 1. The lowest BCUT2D eigenvalue weighted by Gasteiger charge is -2.18. The average Bonchev–Trinajstić information content (AvgIpc) is 2.91. The second-order valence-corrected chi connectivity index (χ2v) is 7.27. The van der Waals surface area contributed by atoms with E-state index in [4.69, 9.17) is 5.73 Å². The predicted octanol–water partition coefficient (Wildman–Crippen LogP) is 3.29. The summed E-state index contributed by atoms with van der Waals surface area (Å²) in [6, 6.07) is 7.18. The number of thiophene rings is 1. The lowest BCUT2D eigenvalue weighted by Crippen LogP contribution is -2.29. The van der Waals surface area contributed by atoms with Crippen molar-refractivity contribution in [2.75, 3.05) is 5.73 Å². The molecule has 1 aromatic carbocycles. The Hall–Kier alpha value is -1.44. The number of hydrogen-bond donors (Lipinski definition) is 2. The number of rotatable bonds is 6. The zero-order valence-electron chi connectivity index (χ0n) is 11.5. The van der Waals surface area contributed by atoms with E-state index in [1.807, 2.05) is 24.4 Å². The monoisotopic (exact) mass is 328 g/mol. The highest BCUT2D eigenvalue weighted by atomic mass is 32.2. The van der Waals surface area contributed by atoms with Gasteiger partial charge in [0.1, 0.15) is 10.7 Å². The topological polar surface area (TPSA) is 72.2 Å². The van der Waals surface area contributed by atoms with Crippen LogP contribution < -0.4 is 10.5 Å². The zero-order valence-corrected chi connectivity index (χ0v) is 13.2. The van der Waals surface area contributed by atoms with Crippen molar-refractivity contribution < 1.29 is 12.8 Å². The van der Waals surface area contributed by atoms with Crippen molar-refractivity contribution in [3.05, 3.63) is 46.4 Å². The molecular formula is C14H17FN2O2S2. The van der Waals surface area contributed by atoms with Gasteiger partial charge in [0.05, 0.1) is 11.7 Å². The van der Waals surface area contributed by atoms with E-state index in [1.54, 1.807) is 0 Å². The minimum atomic E-state index is -4.01. The quantitative estimate of drug-likeness (QED) is 0.799. The molecule has 0 saturated heterocycles. The number of sulfonamides is 1. The molecule has 1 atom stereocenters. The van der Waals surface area contributed by atoms with E-state index >= 15 is 0 Å². The Morgan fingerprint density at radius 2 is 2.10 bits per heavy atom. The molecule has 0 aliphatic rings. The van der Waals surface area contributed by atoms with Crippen molar-refractivity contribution in [1.29, 1.82) is 0 Å². The second-order valence-electron chi connectivity index (χ2n) is 4.64. The third-order valence-corrected chi connectivity index (χ3v) is 5.58. The van der Waals surface area contributed by atoms with Gasteiger partial charge in [-0.2, -0.15) is 0 Å². The van der Waals surface area contributed by atoms with Crippen LogP contribution in [0.5, 0.6) is 0 Å². The molecule has 7 heteroatoms. The summed E-state index contributed by atoms with van der Waals surface area (Å²) in [4.78, 5) is 0.415. The summed E-state index contributed by atoms with van der Waals surface area (Å²) in [6.07, 6.45) is 1.44. The molecule has 114 valence electrons. The number of nitrogen functional groups attached to an aromatic ring is 1. The van der Waals surface area contributed by atoms with Crippen molar-refractivity contribution in [2.45, 2.75) is 30.7 Å². The smallest absolute Gasteiger partial charge is 0.246 e. The van der Waals surface area contributed by atoms with Crippen molar-refractivity contribution in [3.63, 3.8) is 0 Å². The maximum Gasteiger partial charge on any atom is 0.246 e. The van der Waals surface area contributed by atoms with E-state index in [0.29, 0.717) is 6.42 Å². The summed E-state index contributed by atoms with van der Waals surface area (Å²) >= 11 is 1.46. The van der Waals surface area contributed by atoms with Crippen LogP contribution in [0.25, 0.3) is 0 Å². The van der Waals surface area contributed by atoms with Crippen LogP contribution in [-0.2, 0) is 10.0 Å². The average molecular weight is 328 g/mol. The van der Waals surface area contributed by atoms with Crippen molar-refractivity contribution in [3.8, 4) is 0 Å². The van der Waals surface area contributed by atoms with Crippen LogP contribution in [0.3, 0.4) is 0 Å². The molecule has 0 bridgehead atoms. The first-order valence-corrected chi connectivity index (χ1v) is 8.91. The van der Waals surface area contributed by atoms with Crippen LogP contribution in [-0.4, -0.2) is 8.42 Å². The lowest BCUT2D eigenvalue weighted by atomic mass is 10.1. The maximum absolute atomic E-state index is 13.8. The lowest BCUT2D eigenvalue weighted by molar-refractivity contribution is 0.529. The summed E-state index contributed by atoms with van der Waals surface area (Å²) in [5.41, 5.74) is 5.53. The summed E-state index contributed by atoms with van der Waals surface area (Å²) in [6.45, 7) is 1.96. The van der Waals surface area contributed by atoms with Gasteiger partial charge in [0, 0.05) is 4.88 Å². The molecule has 0 aliphatic carbocycles. The zero-order chi connectivity index (χ0) is 15.5. The van der Waals surface area contributed by atoms with Gasteiger partial charge in [0.2, 0.25) is 10.0 Å². The minimum absolute atomic E-state index is 0.0936. The summed E-state index contributed by atoms with van der Waals surface area (Å²) in [5.74, 6) is -0.844. The van der Waals surface area contributed by atoms with E-state index in [9.17, 15) is 12.8 Å². The molecule has 1 unspecified atom stereocenters.